The number of carbonyl (C=O) groups is 1. The van der Waals surface area contributed by atoms with E-state index in [4.69, 9.17) is 0 Å². The lowest BCUT2D eigenvalue weighted by Crippen LogP contribution is -2.40. The van der Waals surface area contributed by atoms with Gasteiger partial charge in [-0.3, -0.25) is 19.0 Å². The number of nitrogens with zero attached hydrogens (tertiary/aromatic N) is 1. The molecule has 4 rings (SSSR count). The SMILES string of the molecule is O=C(CC1Cn2c(=O)c(=O)[nH]c3cc(Br)cc(c32)S1)Nc1ccccc1. The van der Waals surface area contributed by atoms with Crippen molar-refractivity contribution in [1.29, 1.82) is 0 Å². The van der Waals surface area contributed by atoms with Gasteiger partial charge in [0.25, 0.3) is 0 Å². The van der Waals surface area contributed by atoms with Gasteiger partial charge < -0.3 is 10.3 Å². The lowest BCUT2D eigenvalue weighted by Gasteiger charge is -2.25. The van der Waals surface area contributed by atoms with E-state index in [1.165, 1.54) is 4.57 Å². The van der Waals surface area contributed by atoms with Crippen molar-refractivity contribution in [3.05, 3.63) is 67.6 Å². The number of carbonyl (C=O) groups excluding carboxylic acids is 1. The number of para-hydroxylation sites is 1. The van der Waals surface area contributed by atoms with Crippen LogP contribution in [0.25, 0.3) is 11.0 Å². The number of aromatic nitrogens is 2. The number of halogens is 1. The number of amides is 1. The number of H-pyrrole nitrogens is 1. The summed E-state index contributed by atoms with van der Waals surface area (Å²) in [5.74, 6) is -0.124. The molecule has 2 heterocycles. The molecule has 0 saturated carbocycles. The quantitative estimate of drug-likeness (QED) is 0.624. The summed E-state index contributed by atoms with van der Waals surface area (Å²) in [5, 5.41) is 2.72. The highest BCUT2D eigenvalue weighted by Gasteiger charge is 2.26. The lowest BCUT2D eigenvalue weighted by molar-refractivity contribution is -0.116. The van der Waals surface area contributed by atoms with E-state index in [1.54, 1.807) is 17.8 Å². The summed E-state index contributed by atoms with van der Waals surface area (Å²) < 4.78 is 2.29. The van der Waals surface area contributed by atoms with E-state index in [0.29, 0.717) is 17.6 Å². The molecule has 1 aliphatic heterocycles. The van der Waals surface area contributed by atoms with E-state index < -0.39 is 11.1 Å². The first kappa shape index (κ1) is 17.1. The molecule has 0 bridgehead atoms. The zero-order chi connectivity index (χ0) is 18.3. The molecular weight excluding hydrogens is 418 g/mol. The van der Waals surface area contributed by atoms with Gasteiger partial charge in [-0.2, -0.15) is 0 Å². The number of thioether (sulfide) groups is 1. The average molecular weight is 432 g/mol. The lowest BCUT2D eigenvalue weighted by atomic mass is 10.2. The van der Waals surface area contributed by atoms with Crippen LogP contribution in [0.15, 0.2) is 61.4 Å². The van der Waals surface area contributed by atoms with Crippen molar-refractivity contribution in [2.45, 2.75) is 23.1 Å². The Balaban J connectivity index is 1.64. The average Bonchev–Trinajstić information content (AvgIpc) is 2.59. The minimum Gasteiger partial charge on any atom is -0.326 e. The van der Waals surface area contributed by atoms with E-state index in [-0.39, 0.29) is 17.6 Å². The van der Waals surface area contributed by atoms with Crippen molar-refractivity contribution < 1.29 is 4.79 Å². The van der Waals surface area contributed by atoms with Crippen LogP contribution in [0.1, 0.15) is 6.42 Å². The van der Waals surface area contributed by atoms with Crippen LogP contribution < -0.4 is 16.4 Å². The molecule has 1 atom stereocenters. The maximum atomic E-state index is 12.4. The van der Waals surface area contributed by atoms with Crippen molar-refractivity contribution in [3.8, 4) is 0 Å². The van der Waals surface area contributed by atoms with Gasteiger partial charge in [-0.05, 0) is 24.3 Å². The summed E-state index contributed by atoms with van der Waals surface area (Å²) in [6.07, 6.45) is 0.242. The fraction of sp³-hybridized carbons (Fsp3) is 0.167. The highest BCUT2D eigenvalue weighted by Crippen LogP contribution is 2.37. The van der Waals surface area contributed by atoms with E-state index in [0.717, 1.165) is 15.1 Å². The summed E-state index contributed by atoms with van der Waals surface area (Å²) in [4.78, 5) is 40.1. The Kier molecular flexibility index (Phi) is 4.46. The predicted molar refractivity (Wildman–Crippen MR) is 106 cm³/mol. The molecule has 0 spiro atoms. The first-order valence-electron chi connectivity index (χ1n) is 7.99. The molecule has 2 N–H and O–H groups in total. The summed E-state index contributed by atoms with van der Waals surface area (Å²) in [7, 11) is 0. The maximum Gasteiger partial charge on any atom is 0.316 e. The largest absolute Gasteiger partial charge is 0.326 e. The zero-order valence-electron chi connectivity index (χ0n) is 13.5. The van der Waals surface area contributed by atoms with Crippen LogP contribution in [0.5, 0.6) is 0 Å². The Hall–Kier alpha value is -2.32. The van der Waals surface area contributed by atoms with E-state index in [2.05, 4.69) is 26.2 Å². The van der Waals surface area contributed by atoms with Crippen molar-refractivity contribution in [2.24, 2.45) is 0 Å². The molecule has 0 saturated heterocycles. The van der Waals surface area contributed by atoms with Gasteiger partial charge in [-0.15, -0.1) is 11.8 Å². The van der Waals surface area contributed by atoms with Crippen LogP contribution in [-0.2, 0) is 11.3 Å². The molecule has 132 valence electrons. The third-order valence-corrected chi connectivity index (χ3v) is 5.82. The summed E-state index contributed by atoms with van der Waals surface area (Å²) in [6, 6.07) is 12.9. The third kappa shape index (κ3) is 3.22. The van der Waals surface area contributed by atoms with Gasteiger partial charge in [-0.25, -0.2) is 0 Å². The first-order chi connectivity index (χ1) is 12.5. The molecule has 1 amide bonds. The van der Waals surface area contributed by atoms with Crippen molar-refractivity contribution in [1.82, 2.24) is 9.55 Å². The van der Waals surface area contributed by atoms with Crippen molar-refractivity contribution in [2.75, 3.05) is 5.32 Å². The molecule has 0 aliphatic carbocycles. The van der Waals surface area contributed by atoms with Crippen LogP contribution in [0, 0.1) is 0 Å². The Bertz CT molecular complexity index is 1120. The van der Waals surface area contributed by atoms with Gasteiger partial charge >= 0.3 is 11.1 Å². The smallest absolute Gasteiger partial charge is 0.316 e. The molecular formula is C18H14BrN3O3S. The van der Waals surface area contributed by atoms with Crippen LogP contribution in [-0.4, -0.2) is 20.7 Å². The molecule has 3 aromatic rings. The molecule has 2 aromatic carbocycles. The number of nitrogens with one attached hydrogen (secondary N) is 2. The first-order valence-corrected chi connectivity index (χ1v) is 9.66. The molecule has 0 fully saturated rings. The van der Waals surface area contributed by atoms with Gasteiger partial charge in [0.05, 0.1) is 11.0 Å². The summed E-state index contributed by atoms with van der Waals surface area (Å²) >= 11 is 4.97. The number of benzene rings is 2. The number of aromatic amines is 1. The second-order valence-electron chi connectivity index (χ2n) is 6.03. The monoisotopic (exact) mass is 431 g/mol. The standard InChI is InChI=1S/C18H14BrN3O3S/c19-10-6-13-16-14(7-10)26-12(9-22(16)18(25)17(24)21-13)8-15(23)20-11-4-2-1-3-5-11/h1-7,12H,8-9H2,(H,20,23)(H,21,24). The van der Waals surface area contributed by atoms with Crippen LogP contribution in [0.4, 0.5) is 5.69 Å². The van der Waals surface area contributed by atoms with Gasteiger partial charge in [0, 0.05) is 33.3 Å². The van der Waals surface area contributed by atoms with Gasteiger partial charge in [0.2, 0.25) is 5.91 Å². The van der Waals surface area contributed by atoms with Crippen LogP contribution >= 0.6 is 27.7 Å². The fourth-order valence-electron chi connectivity index (χ4n) is 3.08. The minimum atomic E-state index is -0.652. The molecule has 0 radical (unpaired) electrons. The summed E-state index contributed by atoms with van der Waals surface area (Å²) in [5.41, 5.74) is 0.814. The fourth-order valence-corrected chi connectivity index (χ4v) is 5.03. The predicted octanol–water partition coefficient (Wildman–Crippen LogP) is 2.96. The maximum absolute atomic E-state index is 12.4. The number of hydrogen-bond acceptors (Lipinski definition) is 4. The second kappa shape index (κ2) is 6.77. The third-order valence-electron chi connectivity index (χ3n) is 4.15. The highest BCUT2D eigenvalue weighted by molar-refractivity contribution is 9.10. The molecule has 6 nitrogen and oxygen atoms in total. The Labute approximate surface area is 160 Å². The van der Waals surface area contributed by atoms with Gasteiger partial charge in [0.1, 0.15) is 0 Å². The molecule has 1 unspecified atom stereocenters. The van der Waals surface area contributed by atoms with Crippen molar-refractivity contribution in [3.63, 3.8) is 0 Å². The highest BCUT2D eigenvalue weighted by atomic mass is 79.9. The number of hydrogen-bond donors (Lipinski definition) is 2. The van der Waals surface area contributed by atoms with E-state index in [9.17, 15) is 14.4 Å². The normalized spacial score (nSPS) is 15.8. The second-order valence-corrected chi connectivity index (χ2v) is 8.29. The topological polar surface area (TPSA) is 84.0 Å². The Morgan fingerprint density at radius 2 is 2.04 bits per heavy atom. The molecule has 1 aromatic heterocycles. The number of rotatable bonds is 3. The molecule has 8 heteroatoms. The number of anilines is 1. The summed E-state index contributed by atoms with van der Waals surface area (Å²) in [6.45, 7) is 0.320. The van der Waals surface area contributed by atoms with Gasteiger partial charge in [0.15, 0.2) is 0 Å². The molecule has 26 heavy (non-hydrogen) atoms. The Morgan fingerprint density at radius 3 is 2.81 bits per heavy atom. The van der Waals surface area contributed by atoms with Crippen LogP contribution in [0.2, 0.25) is 0 Å². The minimum absolute atomic E-state index is 0.124. The van der Waals surface area contributed by atoms with E-state index in [1.807, 2.05) is 36.4 Å². The van der Waals surface area contributed by atoms with E-state index >= 15 is 0 Å². The Morgan fingerprint density at radius 1 is 1.27 bits per heavy atom. The zero-order valence-corrected chi connectivity index (χ0v) is 15.9. The van der Waals surface area contributed by atoms with Crippen LogP contribution in [0.3, 0.4) is 0 Å². The molecule has 1 aliphatic rings. The van der Waals surface area contributed by atoms with Gasteiger partial charge in [-0.1, -0.05) is 34.1 Å². The van der Waals surface area contributed by atoms with Crippen molar-refractivity contribution >= 4 is 50.3 Å².